The third-order valence-corrected chi connectivity index (χ3v) is 2.40. The van der Waals surface area contributed by atoms with Crippen LogP contribution >= 0.6 is 0 Å². The Bertz CT molecular complexity index is 479. The molecule has 0 aliphatic heterocycles. The molecule has 0 fully saturated rings. The van der Waals surface area contributed by atoms with E-state index in [1.165, 1.54) is 0 Å². The Kier molecular flexibility index (Phi) is 2.43. The summed E-state index contributed by atoms with van der Waals surface area (Å²) >= 11 is 0. The molecule has 0 aliphatic rings. The summed E-state index contributed by atoms with van der Waals surface area (Å²) in [5, 5.41) is 2.16. The number of aromatic nitrogens is 1. The average molecular weight is 202 g/mol. The van der Waals surface area contributed by atoms with Gasteiger partial charge >= 0.3 is 0 Å². The highest BCUT2D eigenvalue weighted by Crippen LogP contribution is 2.24. The van der Waals surface area contributed by atoms with Crippen LogP contribution in [0, 0.1) is 0 Å². The molecule has 0 bridgehead atoms. The fourth-order valence-electron chi connectivity index (χ4n) is 1.55. The Morgan fingerprint density at radius 2 is 2.07 bits per heavy atom. The molecule has 4 heteroatoms. The lowest BCUT2D eigenvalue weighted by Gasteiger charge is -2.13. The van der Waals surface area contributed by atoms with E-state index >= 15 is 0 Å². The minimum Gasteiger partial charge on any atom is -0.378 e. The lowest BCUT2D eigenvalue weighted by molar-refractivity contribution is 1.13. The Morgan fingerprint density at radius 3 is 2.73 bits per heavy atom. The summed E-state index contributed by atoms with van der Waals surface area (Å²) in [6.07, 6.45) is 1.74. The van der Waals surface area contributed by atoms with Crippen molar-refractivity contribution in [2.24, 2.45) is 5.84 Å². The molecule has 0 unspecified atom stereocenters. The highest BCUT2D eigenvalue weighted by molar-refractivity contribution is 5.93. The third kappa shape index (κ3) is 1.71. The van der Waals surface area contributed by atoms with Crippen LogP contribution < -0.4 is 16.2 Å². The van der Waals surface area contributed by atoms with Gasteiger partial charge in [0.1, 0.15) is 5.82 Å². The van der Waals surface area contributed by atoms with Gasteiger partial charge in [0, 0.05) is 31.4 Å². The zero-order valence-corrected chi connectivity index (χ0v) is 8.86. The highest BCUT2D eigenvalue weighted by atomic mass is 15.2. The first-order valence-corrected chi connectivity index (χ1v) is 4.75. The Balaban J connectivity index is 2.67. The van der Waals surface area contributed by atoms with E-state index in [4.69, 9.17) is 5.84 Å². The molecule has 1 heterocycles. The van der Waals surface area contributed by atoms with Gasteiger partial charge in [-0.1, -0.05) is 6.07 Å². The van der Waals surface area contributed by atoms with Crippen LogP contribution in [0.5, 0.6) is 0 Å². The number of hydrogen-bond donors (Lipinski definition) is 2. The SMILES string of the molecule is CN(C)c1ccc2ccnc(NN)c2c1. The minimum absolute atomic E-state index is 0.705. The molecule has 0 saturated carbocycles. The van der Waals surface area contributed by atoms with Crippen molar-refractivity contribution in [2.45, 2.75) is 0 Å². The standard InChI is InChI=1S/C11H14N4/c1-15(2)9-4-3-8-5-6-13-11(14-12)10(8)7-9/h3-7H,12H2,1-2H3,(H,13,14). The van der Waals surface area contributed by atoms with E-state index in [1.807, 2.05) is 25.1 Å². The molecule has 1 aromatic carbocycles. The van der Waals surface area contributed by atoms with E-state index in [-0.39, 0.29) is 0 Å². The molecule has 0 aliphatic carbocycles. The van der Waals surface area contributed by atoms with Crippen molar-refractivity contribution in [3.8, 4) is 0 Å². The van der Waals surface area contributed by atoms with Gasteiger partial charge in [0.2, 0.25) is 0 Å². The number of benzene rings is 1. The summed E-state index contributed by atoms with van der Waals surface area (Å²) in [6, 6.07) is 8.17. The zero-order chi connectivity index (χ0) is 10.8. The van der Waals surface area contributed by atoms with Gasteiger partial charge in [0.15, 0.2) is 0 Å². The number of nitrogen functional groups attached to an aromatic ring is 1. The second kappa shape index (κ2) is 3.74. The minimum atomic E-state index is 0.705. The van der Waals surface area contributed by atoms with E-state index < -0.39 is 0 Å². The molecule has 1 aromatic heterocycles. The van der Waals surface area contributed by atoms with Crippen LogP contribution in [0.2, 0.25) is 0 Å². The fraction of sp³-hybridized carbons (Fsp3) is 0.182. The number of nitrogens with zero attached hydrogens (tertiary/aromatic N) is 2. The predicted molar refractivity (Wildman–Crippen MR) is 63.9 cm³/mol. The molecule has 0 amide bonds. The second-order valence-corrected chi connectivity index (χ2v) is 3.60. The van der Waals surface area contributed by atoms with Crippen LogP contribution in [-0.4, -0.2) is 19.1 Å². The molecule has 0 saturated heterocycles. The molecular weight excluding hydrogens is 188 g/mol. The van der Waals surface area contributed by atoms with Crippen molar-refractivity contribution in [1.82, 2.24) is 4.98 Å². The second-order valence-electron chi connectivity index (χ2n) is 3.60. The lowest BCUT2D eigenvalue weighted by atomic mass is 10.1. The van der Waals surface area contributed by atoms with E-state index in [0.29, 0.717) is 5.82 Å². The van der Waals surface area contributed by atoms with Gasteiger partial charge in [-0.2, -0.15) is 0 Å². The van der Waals surface area contributed by atoms with Gasteiger partial charge in [-0.25, -0.2) is 10.8 Å². The van der Waals surface area contributed by atoms with E-state index in [1.54, 1.807) is 6.20 Å². The number of hydrazine groups is 1. The van der Waals surface area contributed by atoms with E-state index in [0.717, 1.165) is 16.5 Å². The van der Waals surface area contributed by atoms with Gasteiger partial charge in [-0.3, -0.25) is 0 Å². The number of hydrogen-bond acceptors (Lipinski definition) is 4. The molecule has 4 nitrogen and oxygen atoms in total. The lowest BCUT2D eigenvalue weighted by Crippen LogP contribution is -2.10. The van der Waals surface area contributed by atoms with Crippen LogP contribution in [0.25, 0.3) is 10.8 Å². The fourth-order valence-corrected chi connectivity index (χ4v) is 1.55. The molecule has 3 N–H and O–H groups in total. The van der Waals surface area contributed by atoms with Crippen LogP contribution in [0.15, 0.2) is 30.5 Å². The Labute approximate surface area is 88.7 Å². The summed E-state index contributed by atoms with van der Waals surface area (Å²) in [5.41, 5.74) is 3.74. The van der Waals surface area contributed by atoms with Crippen molar-refractivity contribution in [2.75, 3.05) is 24.4 Å². The van der Waals surface area contributed by atoms with Gasteiger partial charge in [-0.15, -0.1) is 0 Å². The summed E-state index contributed by atoms with van der Waals surface area (Å²) in [7, 11) is 4.01. The summed E-state index contributed by atoms with van der Waals surface area (Å²) in [5.74, 6) is 6.12. The van der Waals surface area contributed by atoms with Gasteiger partial charge in [-0.05, 0) is 23.6 Å². The van der Waals surface area contributed by atoms with Gasteiger partial charge < -0.3 is 10.3 Å². The van der Waals surface area contributed by atoms with E-state index in [2.05, 4.69) is 28.6 Å². The molecular formula is C11H14N4. The monoisotopic (exact) mass is 202 g/mol. The Morgan fingerprint density at radius 1 is 1.27 bits per heavy atom. The topological polar surface area (TPSA) is 54.2 Å². The van der Waals surface area contributed by atoms with Crippen LogP contribution in [0.1, 0.15) is 0 Å². The third-order valence-electron chi connectivity index (χ3n) is 2.40. The highest BCUT2D eigenvalue weighted by Gasteiger charge is 2.02. The van der Waals surface area contributed by atoms with Gasteiger partial charge in [0.05, 0.1) is 0 Å². The molecule has 0 atom stereocenters. The number of fused-ring (bicyclic) bond motifs is 1. The first-order valence-electron chi connectivity index (χ1n) is 4.75. The predicted octanol–water partition coefficient (Wildman–Crippen LogP) is 1.59. The molecule has 2 aromatic rings. The summed E-state index contributed by atoms with van der Waals surface area (Å²) in [4.78, 5) is 6.22. The number of pyridine rings is 1. The van der Waals surface area contributed by atoms with Crippen LogP contribution in [0.4, 0.5) is 11.5 Å². The Hall–Kier alpha value is -1.81. The normalized spacial score (nSPS) is 10.3. The maximum absolute atomic E-state index is 5.42. The van der Waals surface area contributed by atoms with E-state index in [9.17, 15) is 0 Å². The van der Waals surface area contributed by atoms with Crippen LogP contribution in [-0.2, 0) is 0 Å². The number of rotatable bonds is 2. The van der Waals surface area contributed by atoms with Crippen molar-refractivity contribution >= 4 is 22.3 Å². The smallest absolute Gasteiger partial charge is 0.147 e. The zero-order valence-electron chi connectivity index (χ0n) is 8.86. The maximum atomic E-state index is 5.42. The number of anilines is 2. The average Bonchev–Trinajstić information content (AvgIpc) is 2.27. The maximum Gasteiger partial charge on any atom is 0.147 e. The van der Waals surface area contributed by atoms with Crippen molar-refractivity contribution in [3.63, 3.8) is 0 Å². The number of nitrogens with one attached hydrogen (secondary N) is 1. The molecule has 0 radical (unpaired) electrons. The summed E-state index contributed by atoms with van der Waals surface area (Å²) in [6.45, 7) is 0. The quantitative estimate of drug-likeness (QED) is 0.573. The summed E-state index contributed by atoms with van der Waals surface area (Å²) < 4.78 is 0. The first-order chi connectivity index (χ1) is 7.22. The molecule has 15 heavy (non-hydrogen) atoms. The largest absolute Gasteiger partial charge is 0.378 e. The van der Waals surface area contributed by atoms with Crippen molar-refractivity contribution in [3.05, 3.63) is 30.5 Å². The molecule has 2 rings (SSSR count). The van der Waals surface area contributed by atoms with Crippen molar-refractivity contribution < 1.29 is 0 Å². The number of nitrogens with two attached hydrogens (primary N) is 1. The van der Waals surface area contributed by atoms with Crippen molar-refractivity contribution in [1.29, 1.82) is 0 Å². The molecule has 78 valence electrons. The molecule has 0 spiro atoms. The van der Waals surface area contributed by atoms with Crippen LogP contribution in [0.3, 0.4) is 0 Å². The first kappa shape index (κ1) is 9.73. The van der Waals surface area contributed by atoms with Gasteiger partial charge in [0.25, 0.3) is 0 Å².